The number of hydrogen-bond donors (Lipinski definition) is 2. The first-order valence-corrected chi connectivity index (χ1v) is 7.11. The summed E-state index contributed by atoms with van der Waals surface area (Å²) < 4.78 is 27.9. The van der Waals surface area contributed by atoms with E-state index in [9.17, 15) is 8.42 Å². The van der Waals surface area contributed by atoms with Gasteiger partial charge in [-0.05, 0) is 12.5 Å². The molecule has 0 aliphatic heterocycles. The number of nitrogens with two attached hydrogens (primary N) is 1. The van der Waals surface area contributed by atoms with Crippen molar-refractivity contribution in [1.29, 1.82) is 0 Å². The number of hydrogen-bond acceptors (Lipinski definition) is 6. The van der Waals surface area contributed by atoms with E-state index < -0.39 is 10.0 Å². The lowest BCUT2D eigenvalue weighted by Crippen LogP contribution is -2.26. The van der Waals surface area contributed by atoms with E-state index in [4.69, 9.17) is 5.73 Å². The molecule has 0 radical (unpaired) electrons. The summed E-state index contributed by atoms with van der Waals surface area (Å²) in [5.41, 5.74) is 5.30. The molecule has 0 unspecified atom stereocenters. The van der Waals surface area contributed by atoms with Crippen LogP contribution in [0.25, 0.3) is 0 Å². The van der Waals surface area contributed by atoms with Gasteiger partial charge in [-0.15, -0.1) is 0 Å². The van der Waals surface area contributed by atoms with Crippen molar-refractivity contribution in [3.63, 3.8) is 0 Å². The highest BCUT2D eigenvalue weighted by molar-refractivity contribution is 7.89. The Morgan fingerprint density at radius 1 is 1.32 bits per heavy atom. The second kappa shape index (κ2) is 5.76. The molecule has 2 aromatic heterocycles. The fraction of sp³-hybridized carbons (Fsp3) is 0.300. The van der Waals surface area contributed by atoms with Crippen LogP contribution in [0.1, 0.15) is 6.42 Å². The highest BCUT2D eigenvalue weighted by Gasteiger charge is 2.13. The molecule has 0 bridgehead atoms. The van der Waals surface area contributed by atoms with E-state index >= 15 is 0 Å². The first-order chi connectivity index (χ1) is 9.08. The lowest BCUT2D eigenvalue weighted by atomic mass is 10.4. The SMILES string of the molecule is Nc1ncc(S(=O)(=O)NCCCn2cccn2)cn1. The summed E-state index contributed by atoms with van der Waals surface area (Å²) >= 11 is 0. The Morgan fingerprint density at radius 2 is 2.05 bits per heavy atom. The van der Waals surface area contributed by atoms with E-state index in [1.807, 2.05) is 12.3 Å². The maximum Gasteiger partial charge on any atom is 0.243 e. The van der Waals surface area contributed by atoms with E-state index in [1.165, 1.54) is 12.4 Å². The molecule has 8 nitrogen and oxygen atoms in total. The largest absolute Gasteiger partial charge is 0.368 e. The van der Waals surface area contributed by atoms with Gasteiger partial charge < -0.3 is 5.73 Å². The summed E-state index contributed by atoms with van der Waals surface area (Å²) in [7, 11) is -3.58. The summed E-state index contributed by atoms with van der Waals surface area (Å²) in [4.78, 5) is 7.30. The minimum absolute atomic E-state index is 0.000731. The van der Waals surface area contributed by atoms with E-state index in [-0.39, 0.29) is 10.8 Å². The number of aryl methyl sites for hydroxylation is 1. The number of nitrogens with zero attached hydrogens (tertiary/aromatic N) is 4. The Kier molecular flexibility index (Phi) is 4.07. The van der Waals surface area contributed by atoms with Gasteiger partial charge in [0.05, 0.1) is 12.4 Å². The molecule has 2 aromatic rings. The van der Waals surface area contributed by atoms with Crippen molar-refractivity contribution < 1.29 is 8.42 Å². The van der Waals surface area contributed by atoms with Crippen molar-refractivity contribution in [1.82, 2.24) is 24.5 Å². The number of rotatable bonds is 6. The van der Waals surface area contributed by atoms with Crippen LogP contribution in [-0.4, -0.2) is 34.7 Å². The zero-order valence-electron chi connectivity index (χ0n) is 10.1. The van der Waals surface area contributed by atoms with Crippen LogP contribution in [0.4, 0.5) is 5.95 Å². The van der Waals surface area contributed by atoms with Gasteiger partial charge in [0.15, 0.2) is 0 Å². The number of sulfonamides is 1. The van der Waals surface area contributed by atoms with Crippen LogP contribution >= 0.6 is 0 Å². The Balaban J connectivity index is 1.86. The number of nitrogen functional groups attached to an aromatic ring is 1. The normalized spacial score (nSPS) is 11.6. The van der Waals surface area contributed by atoms with Gasteiger partial charge in [-0.25, -0.2) is 23.1 Å². The highest BCUT2D eigenvalue weighted by Crippen LogP contribution is 2.05. The average Bonchev–Trinajstić information content (AvgIpc) is 2.88. The zero-order valence-corrected chi connectivity index (χ0v) is 10.9. The molecule has 2 rings (SSSR count). The molecule has 0 aliphatic carbocycles. The van der Waals surface area contributed by atoms with Crippen molar-refractivity contribution in [3.8, 4) is 0 Å². The van der Waals surface area contributed by atoms with Gasteiger partial charge in [0, 0.05) is 25.5 Å². The highest BCUT2D eigenvalue weighted by atomic mass is 32.2. The van der Waals surface area contributed by atoms with Crippen molar-refractivity contribution in [2.24, 2.45) is 0 Å². The standard InChI is InChI=1S/C10H14N6O2S/c11-10-12-7-9(8-13-10)19(17,18)15-4-2-6-16-5-1-3-14-16/h1,3,5,7-8,15H,2,4,6H2,(H2,11,12,13). The van der Waals surface area contributed by atoms with Gasteiger partial charge in [0.2, 0.25) is 16.0 Å². The van der Waals surface area contributed by atoms with Crippen molar-refractivity contribution >= 4 is 16.0 Å². The Labute approximate surface area is 110 Å². The van der Waals surface area contributed by atoms with Crippen molar-refractivity contribution in [2.75, 3.05) is 12.3 Å². The van der Waals surface area contributed by atoms with E-state index in [0.29, 0.717) is 19.5 Å². The van der Waals surface area contributed by atoms with Crippen LogP contribution in [0.5, 0.6) is 0 Å². The van der Waals surface area contributed by atoms with Gasteiger partial charge in [0.1, 0.15) is 4.90 Å². The second-order valence-corrected chi connectivity index (χ2v) is 5.56. The minimum Gasteiger partial charge on any atom is -0.368 e. The van der Waals surface area contributed by atoms with Crippen LogP contribution in [0.2, 0.25) is 0 Å². The van der Waals surface area contributed by atoms with Crippen LogP contribution in [0.3, 0.4) is 0 Å². The molecular weight excluding hydrogens is 268 g/mol. The molecule has 0 saturated heterocycles. The molecule has 0 saturated carbocycles. The van der Waals surface area contributed by atoms with Crippen molar-refractivity contribution in [3.05, 3.63) is 30.9 Å². The molecular formula is C10H14N6O2S. The number of nitrogens with one attached hydrogen (secondary N) is 1. The molecule has 0 fully saturated rings. The molecule has 9 heteroatoms. The number of anilines is 1. The molecule has 0 aliphatic rings. The molecule has 102 valence electrons. The minimum atomic E-state index is -3.58. The summed E-state index contributed by atoms with van der Waals surface area (Å²) in [5, 5.41) is 4.02. The lowest BCUT2D eigenvalue weighted by Gasteiger charge is -2.06. The van der Waals surface area contributed by atoms with Gasteiger partial charge in [-0.1, -0.05) is 0 Å². The third-order valence-electron chi connectivity index (χ3n) is 2.37. The van der Waals surface area contributed by atoms with E-state index in [1.54, 1.807) is 10.9 Å². The molecule has 0 spiro atoms. The molecule has 0 atom stereocenters. The lowest BCUT2D eigenvalue weighted by molar-refractivity contribution is 0.552. The maximum atomic E-state index is 11.9. The third kappa shape index (κ3) is 3.73. The molecule has 2 heterocycles. The quantitative estimate of drug-likeness (QED) is 0.698. The molecule has 19 heavy (non-hydrogen) atoms. The summed E-state index contributed by atoms with van der Waals surface area (Å²) in [5.74, 6) is 0.0395. The maximum absolute atomic E-state index is 11.9. The predicted octanol–water partition coefficient (Wildman–Crippen LogP) is -0.376. The topological polar surface area (TPSA) is 116 Å². The van der Waals surface area contributed by atoms with E-state index in [0.717, 1.165) is 0 Å². The predicted molar refractivity (Wildman–Crippen MR) is 68.5 cm³/mol. The zero-order chi connectivity index (χ0) is 13.7. The summed E-state index contributed by atoms with van der Waals surface area (Å²) in [6, 6.07) is 1.82. The first-order valence-electron chi connectivity index (χ1n) is 5.62. The Hall–Kier alpha value is -2.00. The molecule has 3 N–H and O–H groups in total. The monoisotopic (exact) mass is 282 g/mol. The fourth-order valence-electron chi connectivity index (χ4n) is 1.43. The third-order valence-corrected chi connectivity index (χ3v) is 3.79. The van der Waals surface area contributed by atoms with Gasteiger partial charge in [0.25, 0.3) is 0 Å². The van der Waals surface area contributed by atoms with Gasteiger partial charge in [-0.2, -0.15) is 5.10 Å². The van der Waals surface area contributed by atoms with Crippen molar-refractivity contribution in [2.45, 2.75) is 17.9 Å². The summed E-state index contributed by atoms with van der Waals surface area (Å²) in [6.07, 6.45) is 6.49. The van der Waals surface area contributed by atoms with Gasteiger partial charge in [-0.3, -0.25) is 4.68 Å². The molecule has 0 amide bonds. The summed E-state index contributed by atoms with van der Waals surface area (Å²) in [6.45, 7) is 0.959. The van der Waals surface area contributed by atoms with Crippen LogP contribution in [0.15, 0.2) is 35.7 Å². The molecule has 0 aromatic carbocycles. The first kappa shape index (κ1) is 13.4. The Morgan fingerprint density at radius 3 is 2.68 bits per heavy atom. The van der Waals surface area contributed by atoms with Crippen LogP contribution < -0.4 is 10.5 Å². The second-order valence-electron chi connectivity index (χ2n) is 3.80. The van der Waals surface area contributed by atoms with Crippen LogP contribution in [0, 0.1) is 0 Å². The Bertz CT molecular complexity index is 608. The van der Waals surface area contributed by atoms with E-state index in [2.05, 4.69) is 19.8 Å². The van der Waals surface area contributed by atoms with Crippen LogP contribution in [-0.2, 0) is 16.6 Å². The fourth-order valence-corrected chi connectivity index (χ4v) is 2.39. The smallest absolute Gasteiger partial charge is 0.243 e. The number of aromatic nitrogens is 4. The average molecular weight is 282 g/mol. The van der Waals surface area contributed by atoms with Gasteiger partial charge >= 0.3 is 0 Å².